The Balaban J connectivity index is 1.65. The minimum atomic E-state index is -4.83. The first-order chi connectivity index (χ1) is 23.1. The first kappa shape index (κ1) is 37.9. The van der Waals surface area contributed by atoms with Crippen molar-refractivity contribution in [3.05, 3.63) is 47.1 Å². The number of anilines is 2. The van der Waals surface area contributed by atoms with Gasteiger partial charge in [-0.05, 0) is 50.5 Å². The Morgan fingerprint density at radius 2 is 1.72 bits per heavy atom. The lowest BCUT2D eigenvalue weighted by molar-refractivity contribution is -0.157. The molecule has 3 amide bonds. The smallest absolute Gasteiger partial charge is 0.424 e. The molecule has 0 unspecified atom stereocenters. The zero-order valence-corrected chi connectivity index (χ0v) is 28.6. The highest BCUT2D eigenvalue weighted by molar-refractivity contribution is 6.30. The molecule has 0 saturated carbocycles. The van der Waals surface area contributed by atoms with Gasteiger partial charge >= 0.3 is 24.3 Å². The van der Waals surface area contributed by atoms with E-state index in [-0.39, 0.29) is 29.3 Å². The van der Waals surface area contributed by atoms with E-state index < -0.39 is 84.3 Å². The number of pyridine rings is 1. The van der Waals surface area contributed by atoms with Gasteiger partial charge < -0.3 is 29.2 Å². The number of hydrogen-bond acceptors (Lipinski definition) is 10. The second-order valence-corrected chi connectivity index (χ2v) is 13.7. The fourth-order valence-electron chi connectivity index (χ4n) is 4.45. The lowest BCUT2D eigenvalue weighted by Crippen LogP contribution is -2.51. The normalized spacial score (nSPS) is 14.4. The number of carbonyl (C=O) groups excluding carboxylic acids is 4. The Labute approximate surface area is 288 Å². The number of amides is 3. The van der Waals surface area contributed by atoms with E-state index in [1.54, 1.807) is 41.5 Å². The van der Waals surface area contributed by atoms with E-state index in [9.17, 15) is 36.7 Å². The van der Waals surface area contributed by atoms with Gasteiger partial charge in [0.25, 0.3) is 11.9 Å². The van der Waals surface area contributed by atoms with Crippen molar-refractivity contribution in [2.45, 2.75) is 65.5 Å². The van der Waals surface area contributed by atoms with Crippen LogP contribution in [0.1, 0.15) is 51.9 Å². The first-order valence-electron chi connectivity index (χ1n) is 15.0. The summed E-state index contributed by atoms with van der Waals surface area (Å²) in [6.07, 6.45) is -6.91. The Morgan fingerprint density at radius 3 is 2.32 bits per heavy atom. The summed E-state index contributed by atoms with van der Waals surface area (Å²) < 4.78 is 75.2. The number of nitrogens with zero attached hydrogens (tertiary/aromatic N) is 5. The number of nitrogens with one attached hydrogen (secondary N) is 1. The van der Waals surface area contributed by atoms with Crippen LogP contribution in [0.25, 0.3) is 5.65 Å². The van der Waals surface area contributed by atoms with Gasteiger partial charge in [0.05, 0.1) is 18.8 Å². The molecule has 4 rings (SSSR count). The highest BCUT2D eigenvalue weighted by atomic mass is 35.5. The fourth-order valence-corrected chi connectivity index (χ4v) is 4.60. The third-order valence-electron chi connectivity index (χ3n) is 6.78. The Bertz CT molecular complexity index is 1750. The van der Waals surface area contributed by atoms with Crippen LogP contribution in [-0.4, -0.2) is 94.0 Å². The maximum Gasteiger partial charge on any atom is 0.424 e. The van der Waals surface area contributed by atoms with Gasteiger partial charge in [0.2, 0.25) is 6.79 Å². The van der Waals surface area contributed by atoms with Crippen LogP contribution < -0.4 is 15.0 Å². The molecule has 0 radical (unpaired) electrons. The number of hydrogen-bond donors (Lipinski definition) is 1. The Kier molecular flexibility index (Phi) is 11.0. The molecule has 0 aliphatic carbocycles. The molecule has 2 aromatic heterocycles. The molecular weight excluding hydrogens is 696 g/mol. The molecule has 1 fully saturated rings. The highest BCUT2D eigenvalue weighted by Crippen LogP contribution is 2.36. The number of ether oxygens (including phenoxy) is 4. The van der Waals surface area contributed by atoms with Crippen LogP contribution in [0.5, 0.6) is 5.75 Å². The van der Waals surface area contributed by atoms with E-state index in [1.165, 1.54) is 28.9 Å². The minimum Gasteiger partial charge on any atom is -0.482 e. The fraction of sp³-hybridized carbons (Fsp3) is 0.484. The van der Waals surface area contributed by atoms with E-state index in [4.69, 9.17) is 30.5 Å². The number of alkyl carbamates (subject to hydrolysis) is 1. The summed E-state index contributed by atoms with van der Waals surface area (Å²) in [6.45, 7) is 6.57. The Morgan fingerprint density at radius 1 is 1.04 bits per heavy atom. The third-order valence-corrected chi connectivity index (χ3v) is 7.02. The number of likely N-dealkylation sites (tertiary alicyclic amines) is 1. The number of esters is 1. The van der Waals surface area contributed by atoms with E-state index in [1.807, 2.05) is 0 Å². The van der Waals surface area contributed by atoms with Gasteiger partial charge in [-0.1, -0.05) is 32.4 Å². The van der Waals surface area contributed by atoms with E-state index in [0.29, 0.717) is 4.90 Å². The van der Waals surface area contributed by atoms with Crippen molar-refractivity contribution in [2.75, 3.05) is 31.4 Å². The van der Waals surface area contributed by atoms with Crippen molar-refractivity contribution in [3.8, 4) is 5.75 Å². The van der Waals surface area contributed by atoms with Gasteiger partial charge in [-0.15, -0.1) is 5.10 Å². The van der Waals surface area contributed by atoms with Gasteiger partial charge in [0, 0.05) is 22.8 Å². The van der Waals surface area contributed by atoms with Crippen molar-refractivity contribution in [1.29, 1.82) is 0 Å². The van der Waals surface area contributed by atoms with Crippen LogP contribution in [0.15, 0.2) is 36.5 Å². The van der Waals surface area contributed by atoms with E-state index in [0.717, 1.165) is 17.0 Å². The summed E-state index contributed by atoms with van der Waals surface area (Å²) in [4.78, 5) is 58.0. The molecule has 1 aliphatic heterocycles. The van der Waals surface area contributed by atoms with Gasteiger partial charge in [-0.2, -0.15) is 18.2 Å². The largest absolute Gasteiger partial charge is 0.482 e. The van der Waals surface area contributed by atoms with Crippen molar-refractivity contribution in [3.63, 3.8) is 0 Å². The average molecular weight is 731 g/mol. The van der Waals surface area contributed by atoms with Crippen LogP contribution in [-0.2, 0) is 19.0 Å². The van der Waals surface area contributed by atoms with Crippen molar-refractivity contribution in [1.82, 2.24) is 24.8 Å². The van der Waals surface area contributed by atoms with Crippen LogP contribution in [0.2, 0.25) is 5.02 Å². The molecule has 1 aliphatic rings. The van der Waals surface area contributed by atoms with Crippen molar-refractivity contribution >= 4 is 52.9 Å². The monoisotopic (exact) mass is 730 g/mol. The minimum absolute atomic E-state index is 0.126. The zero-order chi connectivity index (χ0) is 37.2. The summed E-state index contributed by atoms with van der Waals surface area (Å²) in [5.41, 5.74) is -2.18. The van der Waals surface area contributed by atoms with Crippen LogP contribution in [0, 0.1) is 5.41 Å². The standard InChI is InChI=1S/C31H35ClF4N6O8/c1-29(2,3)23(38-27(45)50-30(4,5)6)25(44)48-16-49-28(46)42(26-37-22-12-18(32)9-10-41(22)39-26)20-8-7-17(24(43)40-13-19(33)14-40)11-21(20)47-15-31(34,35)36/h7-12,19,23H,13-16H2,1-6H3,(H,38,45)/t23-/m1/s1. The van der Waals surface area contributed by atoms with Gasteiger partial charge in [-0.3, -0.25) is 4.79 Å². The molecule has 1 saturated heterocycles. The molecule has 272 valence electrons. The molecule has 1 N–H and O–H groups in total. The summed E-state index contributed by atoms with van der Waals surface area (Å²) in [6, 6.07) is 4.83. The van der Waals surface area contributed by atoms with Gasteiger partial charge in [-0.25, -0.2) is 28.2 Å². The maximum absolute atomic E-state index is 13.7. The SMILES string of the molecule is CC(C)(C)OC(=O)N[C@H](C(=O)OCOC(=O)N(c1nc2cc(Cl)ccn2n1)c1ccc(C(=O)N2CC(F)C2)cc1OCC(F)(F)F)C(C)(C)C. The van der Waals surface area contributed by atoms with Crippen LogP contribution in [0.4, 0.5) is 38.8 Å². The average Bonchev–Trinajstić information content (AvgIpc) is 3.38. The summed E-state index contributed by atoms with van der Waals surface area (Å²) in [7, 11) is 0. The van der Waals surface area contributed by atoms with Crippen molar-refractivity contribution in [2.24, 2.45) is 5.41 Å². The second-order valence-electron chi connectivity index (χ2n) is 13.2. The molecule has 3 aromatic rings. The molecule has 14 nitrogen and oxygen atoms in total. The summed E-state index contributed by atoms with van der Waals surface area (Å²) in [5, 5.41) is 6.88. The number of carbonyl (C=O) groups is 4. The number of benzene rings is 1. The van der Waals surface area contributed by atoms with Crippen LogP contribution >= 0.6 is 11.6 Å². The second kappa shape index (κ2) is 14.5. The summed E-state index contributed by atoms with van der Waals surface area (Å²) in [5.74, 6) is -2.72. The number of halogens is 5. The van der Waals surface area contributed by atoms with E-state index in [2.05, 4.69) is 15.4 Å². The molecular formula is C31H35ClF4N6O8. The Hall–Kier alpha value is -4.87. The number of aromatic nitrogens is 3. The predicted octanol–water partition coefficient (Wildman–Crippen LogP) is 5.83. The molecule has 50 heavy (non-hydrogen) atoms. The molecule has 0 spiro atoms. The third kappa shape index (κ3) is 9.86. The molecule has 1 atom stereocenters. The molecule has 1 aromatic carbocycles. The number of rotatable bonds is 9. The lowest BCUT2D eigenvalue weighted by Gasteiger charge is -2.34. The number of fused-ring (bicyclic) bond motifs is 1. The predicted molar refractivity (Wildman–Crippen MR) is 169 cm³/mol. The summed E-state index contributed by atoms with van der Waals surface area (Å²) >= 11 is 6.06. The van der Waals surface area contributed by atoms with Gasteiger partial charge in [0.1, 0.15) is 23.6 Å². The zero-order valence-electron chi connectivity index (χ0n) is 27.8. The van der Waals surface area contributed by atoms with Crippen molar-refractivity contribution < 1.29 is 55.7 Å². The molecule has 19 heteroatoms. The molecule has 3 heterocycles. The quantitative estimate of drug-likeness (QED) is 0.162. The number of alkyl halides is 4. The van der Waals surface area contributed by atoms with E-state index >= 15 is 0 Å². The topological polar surface area (TPSA) is 154 Å². The van der Waals surface area contributed by atoms with Crippen LogP contribution in [0.3, 0.4) is 0 Å². The maximum atomic E-state index is 13.7. The lowest BCUT2D eigenvalue weighted by atomic mass is 9.87. The highest BCUT2D eigenvalue weighted by Gasteiger charge is 2.37. The van der Waals surface area contributed by atoms with Gasteiger partial charge in [0.15, 0.2) is 12.3 Å². The molecule has 0 bridgehead atoms. The first-order valence-corrected chi connectivity index (χ1v) is 15.4.